The predicted molar refractivity (Wildman–Crippen MR) is 148 cm³/mol. The Kier molecular flexibility index (Phi) is 9.11. The smallest absolute Gasteiger partial charge is 0.240 e. The molecule has 0 spiro atoms. The first-order chi connectivity index (χ1) is 17.9. The van der Waals surface area contributed by atoms with E-state index in [9.17, 15) is 13.2 Å². The number of sulfonamides is 1. The molecule has 0 unspecified atom stereocenters. The lowest BCUT2D eigenvalue weighted by molar-refractivity contribution is -0.121. The topological polar surface area (TPSA) is 100 Å². The zero-order chi connectivity index (χ0) is 26.1. The van der Waals surface area contributed by atoms with Gasteiger partial charge in [-0.25, -0.2) is 13.1 Å². The number of aromatic nitrogens is 1. The second-order valence-electron chi connectivity index (χ2n) is 8.60. The molecule has 3 N–H and O–H groups in total. The summed E-state index contributed by atoms with van der Waals surface area (Å²) in [5.74, 6) is -0.0368. The van der Waals surface area contributed by atoms with Crippen molar-refractivity contribution >= 4 is 44.1 Å². The molecule has 0 saturated carbocycles. The number of pyridine rings is 1. The van der Waals surface area contributed by atoms with E-state index in [1.54, 1.807) is 30.5 Å². The number of nitrogens with zero attached hydrogens (tertiary/aromatic N) is 1. The lowest BCUT2D eigenvalue weighted by Crippen LogP contribution is -2.26. The zero-order valence-electron chi connectivity index (χ0n) is 20.3. The van der Waals surface area contributed by atoms with E-state index in [4.69, 9.17) is 11.6 Å². The molecule has 4 aromatic rings. The number of carbonyl (C=O) groups is 1. The predicted octanol–water partition coefficient (Wildman–Crippen LogP) is 4.92. The summed E-state index contributed by atoms with van der Waals surface area (Å²) in [6, 6.07) is 23.5. The highest BCUT2D eigenvalue weighted by Crippen LogP contribution is 2.24. The number of carbonyl (C=O) groups excluding carboxylic acids is 1. The van der Waals surface area contributed by atoms with Gasteiger partial charge in [0.1, 0.15) is 0 Å². The largest absolute Gasteiger partial charge is 0.384 e. The van der Waals surface area contributed by atoms with Gasteiger partial charge in [0.25, 0.3) is 0 Å². The van der Waals surface area contributed by atoms with Gasteiger partial charge in [-0.15, -0.1) is 0 Å². The van der Waals surface area contributed by atoms with Crippen LogP contribution in [0, 0.1) is 0 Å². The Hall–Kier alpha value is -3.46. The van der Waals surface area contributed by atoms with Crippen molar-refractivity contribution in [3.8, 4) is 0 Å². The van der Waals surface area contributed by atoms with Crippen LogP contribution in [0.25, 0.3) is 10.9 Å². The van der Waals surface area contributed by atoms with Gasteiger partial charge in [-0.05, 0) is 60.4 Å². The molecule has 9 heteroatoms. The van der Waals surface area contributed by atoms with Gasteiger partial charge >= 0.3 is 0 Å². The first kappa shape index (κ1) is 26.6. The first-order valence-electron chi connectivity index (χ1n) is 12.1. The quantitative estimate of drug-likeness (QED) is 0.223. The van der Waals surface area contributed by atoms with Crippen LogP contribution < -0.4 is 15.4 Å². The van der Waals surface area contributed by atoms with E-state index >= 15 is 0 Å². The van der Waals surface area contributed by atoms with E-state index < -0.39 is 10.0 Å². The van der Waals surface area contributed by atoms with Gasteiger partial charge in [0.2, 0.25) is 15.9 Å². The normalized spacial score (nSPS) is 11.4. The lowest BCUT2D eigenvalue weighted by Gasteiger charge is -2.10. The van der Waals surface area contributed by atoms with Crippen molar-refractivity contribution in [2.45, 2.75) is 30.7 Å². The highest BCUT2D eigenvalue weighted by Gasteiger charge is 2.13. The van der Waals surface area contributed by atoms with Crippen molar-refractivity contribution in [2.24, 2.45) is 0 Å². The summed E-state index contributed by atoms with van der Waals surface area (Å²) in [6.45, 7) is 1.50. The zero-order valence-corrected chi connectivity index (χ0v) is 21.9. The molecule has 7 nitrogen and oxygen atoms in total. The summed E-state index contributed by atoms with van der Waals surface area (Å²) < 4.78 is 27.7. The van der Waals surface area contributed by atoms with E-state index in [1.807, 2.05) is 54.6 Å². The van der Waals surface area contributed by atoms with Crippen LogP contribution in [-0.4, -0.2) is 32.4 Å². The first-order valence-corrected chi connectivity index (χ1v) is 13.9. The van der Waals surface area contributed by atoms with Crippen molar-refractivity contribution in [1.29, 1.82) is 0 Å². The number of hydrogen-bond acceptors (Lipinski definition) is 5. The van der Waals surface area contributed by atoms with Gasteiger partial charge in [-0.3, -0.25) is 9.78 Å². The minimum absolute atomic E-state index is 0.0368. The average molecular weight is 537 g/mol. The van der Waals surface area contributed by atoms with Crippen LogP contribution in [0.4, 0.5) is 5.69 Å². The van der Waals surface area contributed by atoms with Crippen molar-refractivity contribution in [1.82, 2.24) is 15.0 Å². The molecule has 1 amide bonds. The highest BCUT2D eigenvalue weighted by molar-refractivity contribution is 7.89. The number of nitrogens with one attached hydrogen (secondary N) is 3. The molecule has 3 aromatic carbocycles. The van der Waals surface area contributed by atoms with Gasteiger partial charge < -0.3 is 10.6 Å². The third kappa shape index (κ3) is 7.76. The monoisotopic (exact) mass is 536 g/mol. The fourth-order valence-corrected chi connectivity index (χ4v) is 5.04. The van der Waals surface area contributed by atoms with Gasteiger partial charge in [-0.1, -0.05) is 54.1 Å². The molecule has 0 aliphatic heterocycles. The molecule has 0 atom stereocenters. The van der Waals surface area contributed by atoms with Crippen LogP contribution in [-0.2, 0) is 27.8 Å². The maximum absolute atomic E-state index is 12.5. The Morgan fingerprint density at radius 2 is 1.68 bits per heavy atom. The average Bonchev–Trinajstić information content (AvgIpc) is 2.91. The summed E-state index contributed by atoms with van der Waals surface area (Å²) in [6.07, 6.45) is 3.38. The Bertz CT molecular complexity index is 1450. The number of rotatable bonds is 12. The number of fused-ring (bicyclic) bond motifs is 1. The lowest BCUT2D eigenvalue weighted by atomic mass is 10.1. The van der Waals surface area contributed by atoms with Crippen LogP contribution in [0.15, 0.2) is 90.0 Å². The number of aryl methyl sites for hydroxylation is 1. The molecule has 1 heterocycles. The van der Waals surface area contributed by atoms with Crippen LogP contribution in [0.1, 0.15) is 24.0 Å². The molecule has 0 radical (unpaired) electrons. The van der Waals surface area contributed by atoms with Crippen LogP contribution in [0.5, 0.6) is 0 Å². The molecule has 4 rings (SSSR count). The maximum atomic E-state index is 12.5. The SMILES string of the molecule is O=C(CCc1ccc(S(=O)(=O)NCc2ccccc2)cc1)NCCCNc1ccnc2cc(Cl)ccc12. The fraction of sp³-hybridized carbons (Fsp3) is 0.214. The van der Waals surface area contributed by atoms with Crippen molar-refractivity contribution < 1.29 is 13.2 Å². The molecule has 0 aliphatic rings. The van der Waals surface area contributed by atoms with Crippen molar-refractivity contribution in [3.63, 3.8) is 0 Å². The molecular weight excluding hydrogens is 508 g/mol. The number of anilines is 1. The molecular formula is C28H29ClN4O3S. The van der Waals surface area contributed by atoms with Gasteiger partial charge in [0.05, 0.1) is 10.4 Å². The van der Waals surface area contributed by atoms with Crippen LogP contribution in [0.2, 0.25) is 5.02 Å². The highest BCUT2D eigenvalue weighted by atomic mass is 35.5. The summed E-state index contributed by atoms with van der Waals surface area (Å²) >= 11 is 6.04. The van der Waals surface area contributed by atoms with E-state index in [-0.39, 0.29) is 17.3 Å². The number of amides is 1. The molecule has 0 bridgehead atoms. The third-order valence-corrected chi connectivity index (χ3v) is 7.53. The van der Waals surface area contributed by atoms with Gasteiger partial charge in [0, 0.05) is 48.3 Å². The Balaban J connectivity index is 1.16. The minimum Gasteiger partial charge on any atom is -0.384 e. The summed E-state index contributed by atoms with van der Waals surface area (Å²) in [5, 5.41) is 7.97. The standard InChI is InChI=1S/C28H29ClN4O3S/c29-23-10-13-25-26(15-18-31-27(25)19-23)30-16-4-17-32-28(34)14-9-21-7-11-24(12-8-21)37(35,36)33-20-22-5-2-1-3-6-22/h1-3,5-8,10-13,15,18-19,33H,4,9,14,16-17,20H2,(H,30,31)(H,32,34). The number of benzene rings is 3. The molecule has 0 aliphatic carbocycles. The molecule has 1 aromatic heterocycles. The fourth-order valence-electron chi connectivity index (χ4n) is 3.85. The van der Waals surface area contributed by atoms with Crippen molar-refractivity contribution in [2.75, 3.05) is 18.4 Å². The maximum Gasteiger partial charge on any atom is 0.240 e. The second-order valence-corrected chi connectivity index (χ2v) is 10.8. The summed E-state index contributed by atoms with van der Waals surface area (Å²) in [5.41, 5.74) is 3.61. The van der Waals surface area contributed by atoms with Gasteiger partial charge in [-0.2, -0.15) is 0 Å². The number of halogens is 1. The van der Waals surface area contributed by atoms with Crippen LogP contribution in [0.3, 0.4) is 0 Å². The molecule has 0 fully saturated rings. The Morgan fingerprint density at radius 3 is 2.46 bits per heavy atom. The molecule has 0 saturated heterocycles. The summed E-state index contributed by atoms with van der Waals surface area (Å²) in [4.78, 5) is 16.8. The van der Waals surface area contributed by atoms with Gasteiger partial charge in [0.15, 0.2) is 0 Å². The van der Waals surface area contributed by atoms with E-state index in [2.05, 4.69) is 20.3 Å². The van der Waals surface area contributed by atoms with E-state index in [1.165, 1.54) is 0 Å². The van der Waals surface area contributed by atoms with E-state index in [0.717, 1.165) is 34.1 Å². The van der Waals surface area contributed by atoms with E-state index in [0.29, 0.717) is 31.0 Å². The molecule has 192 valence electrons. The molecule has 37 heavy (non-hydrogen) atoms. The third-order valence-electron chi connectivity index (χ3n) is 5.88. The second kappa shape index (κ2) is 12.7. The Morgan fingerprint density at radius 1 is 0.892 bits per heavy atom. The Labute approximate surface area is 222 Å². The van der Waals surface area contributed by atoms with Crippen molar-refractivity contribution in [3.05, 3.63) is 101 Å². The van der Waals surface area contributed by atoms with Crippen LogP contribution >= 0.6 is 11.6 Å². The number of hydrogen-bond donors (Lipinski definition) is 3. The minimum atomic E-state index is -3.60. The summed E-state index contributed by atoms with van der Waals surface area (Å²) in [7, 11) is -3.60.